The van der Waals surface area contributed by atoms with Crippen LogP contribution in [0, 0.1) is 0 Å². The molecule has 0 bridgehead atoms. The molecule has 0 aliphatic rings. The first-order valence-electron chi connectivity index (χ1n) is 8.19. The van der Waals surface area contributed by atoms with E-state index in [9.17, 15) is 13.2 Å². The van der Waals surface area contributed by atoms with Gasteiger partial charge in [-0.1, -0.05) is 6.92 Å². The lowest BCUT2D eigenvalue weighted by Gasteiger charge is -2.18. The van der Waals surface area contributed by atoms with Crippen molar-refractivity contribution in [3.8, 4) is 11.5 Å². The first kappa shape index (κ1) is 18.1. The van der Waals surface area contributed by atoms with E-state index in [1.165, 1.54) is 12.1 Å². The monoisotopic (exact) mass is 361 g/mol. The maximum Gasteiger partial charge on any atom is 0.416 e. The number of pyridine rings is 1. The maximum atomic E-state index is 12.6. The molecule has 4 nitrogen and oxygen atoms in total. The van der Waals surface area contributed by atoms with Crippen molar-refractivity contribution >= 4 is 0 Å². The quantitative estimate of drug-likeness (QED) is 0.634. The van der Waals surface area contributed by atoms with Crippen LogP contribution in [-0.4, -0.2) is 21.4 Å². The third-order valence-electron chi connectivity index (χ3n) is 4.00. The van der Waals surface area contributed by atoms with Crippen molar-refractivity contribution in [2.24, 2.45) is 0 Å². The van der Waals surface area contributed by atoms with Gasteiger partial charge in [0.1, 0.15) is 6.26 Å². The van der Waals surface area contributed by atoms with Crippen molar-refractivity contribution in [1.29, 1.82) is 0 Å². The summed E-state index contributed by atoms with van der Waals surface area (Å²) in [5, 5.41) is 0. The third-order valence-corrected chi connectivity index (χ3v) is 4.00. The highest BCUT2D eigenvalue weighted by Gasteiger charge is 2.30. The number of halogens is 3. The molecule has 0 radical (unpaired) electrons. The van der Waals surface area contributed by atoms with Crippen LogP contribution in [0.15, 0.2) is 59.5 Å². The van der Waals surface area contributed by atoms with Gasteiger partial charge in [0.2, 0.25) is 5.89 Å². The molecule has 0 aliphatic carbocycles. The summed E-state index contributed by atoms with van der Waals surface area (Å²) in [6, 6.07) is 8.71. The van der Waals surface area contributed by atoms with Crippen LogP contribution in [0.3, 0.4) is 0 Å². The second-order valence-electron chi connectivity index (χ2n) is 5.88. The summed E-state index contributed by atoms with van der Waals surface area (Å²) in [5.74, 6) is 0.314. The molecule has 3 aromatic rings. The molecular formula is C19H18F3N3O. The number of hydrogen-bond donors (Lipinski definition) is 0. The molecule has 0 saturated heterocycles. The molecule has 0 spiro atoms. The number of alkyl halides is 3. The van der Waals surface area contributed by atoms with Crippen LogP contribution in [0.2, 0.25) is 0 Å². The molecule has 2 heterocycles. The van der Waals surface area contributed by atoms with Gasteiger partial charge in [0.05, 0.1) is 11.3 Å². The van der Waals surface area contributed by atoms with Gasteiger partial charge in [0, 0.05) is 31.0 Å². The minimum atomic E-state index is -4.35. The number of aromatic nitrogens is 2. The minimum absolute atomic E-state index is 0.314. The molecular weight excluding hydrogens is 343 g/mol. The largest absolute Gasteiger partial charge is 0.444 e. The van der Waals surface area contributed by atoms with Gasteiger partial charge in [-0.2, -0.15) is 13.2 Å². The van der Waals surface area contributed by atoms with Crippen LogP contribution in [0.25, 0.3) is 11.5 Å². The van der Waals surface area contributed by atoms with Gasteiger partial charge in [0.15, 0.2) is 0 Å². The Balaban J connectivity index is 1.69. The lowest BCUT2D eigenvalue weighted by molar-refractivity contribution is -0.137. The fraction of sp³-hybridized carbons (Fsp3) is 0.263. The summed E-state index contributed by atoms with van der Waals surface area (Å²) in [6.45, 7) is 4.22. The van der Waals surface area contributed by atoms with Gasteiger partial charge in [-0.3, -0.25) is 9.88 Å². The van der Waals surface area contributed by atoms with Gasteiger partial charge < -0.3 is 4.42 Å². The third kappa shape index (κ3) is 4.49. The predicted octanol–water partition coefficient (Wildman–Crippen LogP) is 4.78. The molecule has 2 aromatic heterocycles. The number of oxazole rings is 1. The summed E-state index contributed by atoms with van der Waals surface area (Å²) >= 11 is 0. The number of benzene rings is 1. The second-order valence-corrected chi connectivity index (χ2v) is 5.88. The molecule has 3 rings (SSSR count). The zero-order chi connectivity index (χ0) is 18.6. The van der Waals surface area contributed by atoms with E-state index in [0.29, 0.717) is 18.0 Å². The molecule has 136 valence electrons. The predicted molar refractivity (Wildman–Crippen MR) is 91.0 cm³/mol. The normalized spacial score (nSPS) is 11.9. The summed E-state index contributed by atoms with van der Waals surface area (Å²) in [4.78, 5) is 10.6. The Kier molecular flexibility index (Phi) is 5.37. The zero-order valence-electron chi connectivity index (χ0n) is 14.2. The average Bonchev–Trinajstić information content (AvgIpc) is 3.10. The van der Waals surface area contributed by atoms with Gasteiger partial charge >= 0.3 is 6.18 Å². The van der Waals surface area contributed by atoms with Crippen molar-refractivity contribution in [3.05, 3.63) is 71.9 Å². The first-order valence-corrected chi connectivity index (χ1v) is 8.19. The molecule has 0 N–H and O–H groups in total. The molecule has 0 unspecified atom stereocenters. The molecule has 0 atom stereocenters. The van der Waals surface area contributed by atoms with Gasteiger partial charge in [-0.25, -0.2) is 4.98 Å². The molecule has 1 aromatic carbocycles. The fourth-order valence-electron chi connectivity index (χ4n) is 2.57. The molecule has 0 fully saturated rings. The molecule has 7 heteroatoms. The van der Waals surface area contributed by atoms with Crippen LogP contribution >= 0.6 is 0 Å². The van der Waals surface area contributed by atoms with Gasteiger partial charge in [-0.15, -0.1) is 0 Å². The van der Waals surface area contributed by atoms with Crippen LogP contribution in [0.5, 0.6) is 0 Å². The van der Waals surface area contributed by atoms with Crippen LogP contribution in [0.4, 0.5) is 13.2 Å². The highest BCUT2D eigenvalue weighted by molar-refractivity contribution is 5.54. The summed E-state index contributed by atoms with van der Waals surface area (Å²) in [6.07, 6.45) is 0.695. The van der Waals surface area contributed by atoms with Crippen LogP contribution in [0.1, 0.15) is 23.7 Å². The van der Waals surface area contributed by atoms with E-state index in [1.54, 1.807) is 18.7 Å². The smallest absolute Gasteiger partial charge is 0.416 e. The highest BCUT2D eigenvalue weighted by atomic mass is 19.4. The first-order chi connectivity index (χ1) is 12.5. The van der Waals surface area contributed by atoms with Crippen LogP contribution in [-0.2, 0) is 19.3 Å². The van der Waals surface area contributed by atoms with E-state index in [2.05, 4.69) is 21.8 Å². The summed E-state index contributed by atoms with van der Waals surface area (Å²) < 4.78 is 43.4. The number of hydrogen-bond acceptors (Lipinski definition) is 4. The van der Waals surface area contributed by atoms with Crippen molar-refractivity contribution in [2.75, 3.05) is 6.54 Å². The van der Waals surface area contributed by atoms with E-state index < -0.39 is 11.7 Å². The summed E-state index contributed by atoms with van der Waals surface area (Å²) in [7, 11) is 0. The minimum Gasteiger partial charge on any atom is -0.444 e. The van der Waals surface area contributed by atoms with E-state index >= 15 is 0 Å². The van der Waals surface area contributed by atoms with Gasteiger partial charge in [-0.05, 0) is 48.5 Å². The number of nitrogens with zero attached hydrogens (tertiary/aromatic N) is 3. The van der Waals surface area contributed by atoms with Gasteiger partial charge in [0.25, 0.3) is 0 Å². The highest BCUT2D eigenvalue weighted by Crippen LogP contribution is 2.30. The Labute approximate surface area is 149 Å². The fourth-order valence-corrected chi connectivity index (χ4v) is 2.57. The van der Waals surface area contributed by atoms with E-state index in [1.807, 2.05) is 12.1 Å². The lowest BCUT2D eigenvalue weighted by Crippen LogP contribution is -2.22. The molecule has 0 amide bonds. The standard InChI is InChI=1S/C19H18F3N3O/c1-2-25(11-14-7-9-23-10-8-14)12-17-13-26-18(24-17)15-3-5-16(6-4-15)19(20,21)22/h3-10,13H,2,11-12H2,1H3. The Morgan fingerprint density at radius 2 is 1.69 bits per heavy atom. The maximum absolute atomic E-state index is 12.6. The topological polar surface area (TPSA) is 42.2 Å². The van der Waals surface area contributed by atoms with E-state index in [4.69, 9.17) is 4.42 Å². The Morgan fingerprint density at radius 3 is 2.31 bits per heavy atom. The molecule has 0 saturated carbocycles. The molecule has 26 heavy (non-hydrogen) atoms. The Bertz CT molecular complexity index is 829. The summed E-state index contributed by atoms with van der Waals surface area (Å²) in [5.41, 5.74) is 1.70. The van der Waals surface area contributed by atoms with Crippen molar-refractivity contribution < 1.29 is 17.6 Å². The SMILES string of the molecule is CCN(Cc1ccncc1)Cc1coc(-c2ccc(C(F)(F)F)cc2)n1. The average molecular weight is 361 g/mol. The second kappa shape index (κ2) is 7.70. The lowest BCUT2D eigenvalue weighted by atomic mass is 10.1. The van der Waals surface area contributed by atoms with Crippen molar-refractivity contribution in [2.45, 2.75) is 26.2 Å². The number of rotatable bonds is 6. The Hall–Kier alpha value is -2.67. The van der Waals surface area contributed by atoms with Crippen molar-refractivity contribution in [1.82, 2.24) is 14.9 Å². The van der Waals surface area contributed by atoms with E-state index in [-0.39, 0.29) is 0 Å². The van der Waals surface area contributed by atoms with E-state index in [0.717, 1.165) is 36.5 Å². The molecule has 0 aliphatic heterocycles. The van der Waals surface area contributed by atoms with Crippen LogP contribution < -0.4 is 0 Å². The van der Waals surface area contributed by atoms with Crippen molar-refractivity contribution in [3.63, 3.8) is 0 Å². The Morgan fingerprint density at radius 1 is 1.00 bits per heavy atom. The zero-order valence-corrected chi connectivity index (χ0v) is 14.2.